The van der Waals surface area contributed by atoms with Crippen molar-refractivity contribution in [2.24, 2.45) is 0 Å². The van der Waals surface area contributed by atoms with Gasteiger partial charge in [0.15, 0.2) is 0 Å². The lowest BCUT2D eigenvalue weighted by Crippen LogP contribution is -2.60. The highest BCUT2D eigenvalue weighted by molar-refractivity contribution is 6.50. The number of aliphatic hydroxyl groups is 3. The van der Waals surface area contributed by atoms with Crippen LogP contribution in [-0.4, -0.2) is 62.0 Å². The molecule has 1 heterocycles. The molecule has 6 heteroatoms. The summed E-state index contributed by atoms with van der Waals surface area (Å²) in [5.74, 6) is 0. The Morgan fingerprint density at radius 2 is 2.00 bits per heavy atom. The van der Waals surface area contributed by atoms with Crippen LogP contribution in [0.3, 0.4) is 0 Å². The molecule has 2 aliphatic rings. The van der Waals surface area contributed by atoms with Crippen LogP contribution in [0.15, 0.2) is 23.8 Å². The number of allylic oxidation sites excluding steroid dienone is 2. The zero-order valence-electron chi connectivity index (χ0n) is 10.7. The number of rotatable bonds is 2. The second-order valence-electron chi connectivity index (χ2n) is 5.30. The monoisotopic (exact) mass is 307 g/mol. The largest absolute Gasteiger partial charge is 0.389 e. The maximum Gasteiger partial charge on any atom is 0.140 e. The van der Waals surface area contributed by atoms with Gasteiger partial charge in [0, 0.05) is 25.6 Å². The average molecular weight is 308 g/mol. The highest BCUT2D eigenvalue weighted by Crippen LogP contribution is 2.32. The van der Waals surface area contributed by atoms with Crippen molar-refractivity contribution in [2.45, 2.75) is 42.0 Å². The van der Waals surface area contributed by atoms with E-state index in [0.717, 1.165) is 5.57 Å². The fourth-order valence-corrected chi connectivity index (χ4v) is 2.72. The van der Waals surface area contributed by atoms with Crippen LogP contribution < -0.4 is 0 Å². The summed E-state index contributed by atoms with van der Waals surface area (Å²) in [6.45, 7) is 2.75. The van der Waals surface area contributed by atoms with Gasteiger partial charge in [0.1, 0.15) is 10.4 Å². The van der Waals surface area contributed by atoms with E-state index in [9.17, 15) is 15.3 Å². The smallest absolute Gasteiger partial charge is 0.140 e. The van der Waals surface area contributed by atoms with Gasteiger partial charge in [-0.05, 0) is 18.6 Å². The van der Waals surface area contributed by atoms with Crippen molar-refractivity contribution in [3.05, 3.63) is 23.8 Å². The van der Waals surface area contributed by atoms with Gasteiger partial charge < -0.3 is 15.3 Å². The van der Waals surface area contributed by atoms with Gasteiger partial charge in [0.05, 0.1) is 12.2 Å². The number of piperidine rings is 1. The molecule has 0 bridgehead atoms. The van der Waals surface area contributed by atoms with Crippen LogP contribution in [0.1, 0.15) is 13.3 Å². The van der Waals surface area contributed by atoms with Crippen LogP contribution in [-0.2, 0) is 0 Å². The molecule has 3 N–H and O–H groups in total. The van der Waals surface area contributed by atoms with E-state index in [-0.39, 0.29) is 6.04 Å². The lowest BCUT2D eigenvalue weighted by atomic mass is 9.94. The second kappa shape index (κ2) is 5.72. The first-order valence-corrected chi connectivity index (χ1v) is 7.10. The molecule has 0 amide bonds. The first-order chi connectivity index (χ1) is 8.80. The summed E-state index contributed by atoms with van der Waals surface area (Å²) < 4.78 is -0.841. The molecule has 1 aliphatic carbocycles. The standard InChI is InChI=1S/C13H19Cl2NO3/c1-8-11(18)12(19)10(17)7-16(8)6-9-2-4-13(14,15)5-3-9/h2-4,8,10-12,17-19H,5-7H2,1H3/t8-,10+,11-,12-/m1/s1. The minimum absolute atomic E-state index is 0.216. The Labute approximate surface area is 122 Å². The maximum absolute atomic E-state index is 9.87. The first-order valence-electron chi connectivity index (χ1n) is 6.34. The zero-order valence-corrected chi connectivity index (χ0v) is 12.2. The van der Waals surface area contributed by atoms with Crippen LogP contribution in [0.5, 0.6) is 0 Å². The van der Waals surface area contributed by atoms with E-state index in [4.69, 9.17) is 23.2 Å². The van der Waals surface area contributed by atoms with E-state index in [1.165, 1.54) is 0 Å². The van der Waals surface area contributed by atoms with Crippen molar-refractivity contribution in [3.63, 3.8) is 0 Å². The zero-order chi connectivity index (χ0) is 14.2. The number of aliphatic hydroxyl groups excluding tert-OH is 3. The van der Waals surface area contributed by atoms with Gasteiger partial charge >= 0.3 is 0 Å². The Morgan fingerprint density at radius 3 is 2.58 bits per heavy atom. The van der Waals surface area contributed by atoms with Crippen molar-refractivity contribution in [3.8, 4) is 0 Å². The van der Waals surface area contributed by atoms with Crippen LogP contribution in [0.4, 0.5) is 0 Å². The van der Waals surface area contributed by atoms with E-state index in [2.05, 4.69) is 0 Å². The number of β-amino-alcohol motifs (C(OH)–C–C–N with tert-alkyl or cyclic N) is 1. The fraction of sp³-hybridized carbons (Fsp3) is 0.692. The van der Waals surface area contributed by atoms with E-state index < -0.39 is 22.6 Å². The topological polar surface area (TPSA) is 63.9 Å². The van der Waals surface area contributed by atoms with Crippen molar-refractivity contribution in [1.29, 1.82) is 0 Å². The Hall–Kier alpha value is -0.100. The van der Waals surface area contributed by atoms with Gasteiger partial charge in [-0.3, -0.25) is 4.90 Å². The third-order valence-corrected chi connectivity index (χ3v) is 4.36. The van der Waals surface area contributed by atoms with Crippen LogP contribution in [0.2, 0.25) is 0 Å². The summed E-state index contributed by atoms with van der Waals surface area (Å²) in [4.78, 5) is 1.94. The maximum atomic E-state index is 9.87. The van der Waals surface area contributed by atoms with Crippen LogP contribution >= 0.6 is 23.2 Å². The van der Waals surface area contributed by atoms with Gasteiger partial charge in [-0.1, -0.05) is 35.4 Å². The molecular formula is C13H19Cl2NO3. The lowest BCUT2D eigenvalue weighted by Gasteiger charge is -2.42. The molecule has 1 saturated heterocycles. The number of alkyl halides is 2. The Bertz CT molecular complexity index is 397. The van der Waals surface area contributed by atoms with Gasteiger partial charge in [-0.2, -0.15) is 0 Å². The van der Waals surface area contributed by atoms with Crippen molar-refractivity contribution < 1.29 is 15.3 Å². The predicted molar refractivity (Wildman–Crippen MR) is 75.3 cm³/mol. The predicted octanol–water partition coefficient (Wildman–Crippen LogP) is 0.833. The summed E-state index contributed by atoms with van der Waals surface area (Å²) in [5, 5.41) is 29.2. The Morgan fingerprint density at radius 1 is 1.32 bits per heavy atom. The molecule has 0 unspecified atom stereocenters. The minimum atomic E-state index is -1.08. The number of halogens is 2. The highest BCUT2D eigenvalue weighted by atomic mass is 35.5. The Kier molecular flexibility index (Phi) is 4.60. The second-order valence-corrected chi connectivity index (χ2v) is 6.84. The van der Waals surface area contributed by atoms with Crippen LogP contribution in [0, 0.1) is 0 Å². The Balaban J connectivity index is 2.00. The van der Waals surface area contributed by atoms with E-state index >= 15 is 0 Å². The third-order valence-electron chi connectivity index (χ3n) is 3.80. The van der Waals surface area contributed by atoms with Crippen molar-refractivity contribution >= 4 is 23.2 Å². The molecule has 4 atom stereocenters. The SMILES string of the molecule is C[C@@H]1[C@@H](O)[C@H](O)[C@@H](O)CN1CC1=CCC(Cl)(Cl)C=C1. The molecule has 0 aromatic heterocycles. The van der Waals surface area contributed by atoms with Crippen molar-refractivity contribution in [2.75, 3.05) is 13.1 Å². The molecule has 1 fully saturated rings. The van der Waals surface area contributed by atoms with Gasteiger partial charge in [0.2, 0.25) is 0 Å². The number of hydrogen-bond acceptors (Lipinski definition) is 4. The molecule has 0 aromatic carbocycles. The highest BCUT2D eigenvalue weighted by Gasteiger charge is 2.39. The van der Waals surface area contributed by atoms with Crippen LogP contribution in [0.25, 0.3) is 0 Å². The summed E-state index contributed by atoms with van der Waals surface area (Å²) in [6, 6.07) is -0.216. The molecule has 19 heavy (non-hydrogen) atoms. The van der Waals surface area contributed by atoms with E-state index in [1.54, 1.807) is 6.08 Å². The van der Waals surface area contributed by atoms with E-state index in [1.807, 2.05) is 24.0 Å². The fourth-order valence-electron chi connectivity index (χ4n) is 2.44. The normalized spacial score (nSPS) is 39.2. The molecule has 4 nitrogen and oxygen atoms in total. The molecule has 108 valence electrons. The first kappa shape index (κ1) is 15.3. The molecular weight excluding hydrogens is 289 g/mol. The molecule has 2 rings (SSSR count). The third kappa shape index (κ3) is 3.51. The molecule has 1 aliphatic heterocycles. The van der Waals surface area contributed by atoms with Gasteiger partial charge in [-0.15, -0.1) is 0 Å². The average Bonchev–Trinajstić information content (AvgIpc) is 2.36. The number of nitrogens with zero attached hydrogens (tertiary/aromatic N) is 1. The molecule has 0 aromatic rings. The lowest BCUT2D eigenvalue weighted by molar-refractivity contribution is -0.130. The summed E-state index contributed by atoms with van der Waals surface area (Å²) >= 11 is 12.0. The summed E-state index contributed by atoms with van der Waals surface area (Å²) in [6.07, 6.45) is 3.13. The quantitative estimate of drug-likeness (QED) is 0.661. The summed E-state index contributed by atoms with van der Waals surface area (Å²) in [7, 11) is 0. The number of hydrogen-bond donors (Lipinski definition) is 3. The van der Waals surface area contributed by atoms with Gasteiger partial charge in [-0.25, -0.2) is 0 Å². The molecule has 0 radical (unpaired) electrons. The molecule has 0 saturated carbocycles. The minimum Gasteiger partial charge on any atom is -0.389 e. The molecule has 0 spiro atoms. The number of likely N-dealkylation sites (tertiary alicyclic amines) is 1. The van der Waals surface area contributed by atoms with Crippen molar-refractivity contribution in [1.82, 2.24) is 4.90 Å². The van der Waals surface area contributed by atoms with E-state index in [0.29, 0.717) is 19.5 Å². The van der Waals surface area contributed by atoms with Gasteiger partial charge in [0.25, 0.3) is 0 Å². The summed E-state index contributed by atoms with van der Waals surface area (Å²) in [5.41, 5.74) is 1.04.